The molecule has 5 nitrogen and oxygen atoms in total. The summed E-state index contributed by atoms with van der Waals surface area (Å²) in [5.74, 6) is -0.0501. The Morgan fingerprint density at radius 1 is 1.24 bits per heavy atom. The number of ether oxygens (including phenoxy) is 1. The van der Waals surface area contributed by atoms with Gasteiger partial charge in [0.2, 0.25) is 5.91 Å². The summed E-state index contributed by atoms with van der Waals surface area (Å²) in [6.45, 7) is 0.599. The summed E-state index contributed by atoms with van der Waals surface area (Å²) in [6.07, 6.45) is 0. The molecule has 0 aromatic heterocycles. The van der Waals surface area contributed by atoms with Gasteiger partial charge in [-0.3, -0.25) is 4.79 Å². The molecule has 0 spiro atoms. The minimum Gasteiger partial charge on any atom is -0.497 e. The highest BCUT2D eigenvalue weighted by atomic mass is 35.5. The Morgan fingerprint density at radius 3 is 2.52 bits per heavy atom. The largest absolute Gasteiger partial charge is 0.497 e. The minimum atomic E-state index is -0.558. The number of nitrogens with two attached hydrogens (primary N) is 1. The lowest BCUT2D eigenvalue weighted by Gasteiger charge is -2.27. The third-order valence-electron chi connectivity index (χ3n) is 3.83. The third kappa shape index (κ3) is 4.61. The molecule has 2 aromatic rings. The summed E-state index contributed by atoms with van der Waals surface area (Å²) in [6, 6.07) is 11.8. The number of rotatable bonds is 7. The van der Waals surface area contributed by atoms with Crippen LogP contribution in [0.3, 0.4) is 0 Å². The van der Waals surface area contributed by atoms with E-state index in [0.717, 1.165) is 0 Å². The van der Waals surface area contributed by atoms with Crippen LogP contribution in [-0.4, -0.2) is 39.7 Å². The monoisotopic (exact) mass is 365 g/mol. The van der Waals surface area contributed by atoms with Crippen LogP contribution in [0.2, 0.25) is 5.02 Å². The number of anilines is 2. The maximum atomic E-state index is 14.3. The topological polar surface area (TPSA) is 58.8 Å². The van der Waals surface area contributed by atoms with Crippen molar-refractivity contribution in [1.29, 1.82) is 0 Å². The molecule has 25 heavy (non-hydrogen) atoms. The number of benzene rings is 2. The highest BCUT2D eigenvalue weighted by Crippen LogP contribution is 2.26. The third-order valence-corrected chi connectivity index (χ3v) is 4.12. The lowest BCUT2D eigenvalue weighted by molar-refractivity contribution is -0.117. The van der Waals surface area contributed by atoms with Crippen LogP contribution in [0.5, 0.6) is 5.75 Å². The van der Waals surface area contributed by atoms with Gasteiger partial charge in [-0.25, -0.2) is 4.39 Å². The number of hydrogen-bond acceptors (Lipinski definition) is 4. The Morgan fingerprint density at radius 2 is 1.92 bits per heavy atom. The molecule has 0 atom stereocenters. The lowest BCUT2D eigenvalue weighted by atomic mass is 10.2. The number of hydrogen-bond donors (Lipinski definition) is 1. The predicted molar refractivity (Wildman–Crippen MR) is 99.1 cm³/mol. The van der Waals surface area contributed by atoms with E-state index in [0.29, 0.717) is 18.0 Å². The average Bonchev–Trinajstić information content (AvgIpc) is 2.63. The number of carbonyl (C=O) groups is 1. The summed E-state index contributed by atoms with van der Waals surface area (Å²) in [7, 11) is 3.24. The fraction of sp³-hybridized carbons (Fsp3) is 0.278. The van der Waals surface area contributed by atoms with Gasteiger partial charge in [0.25, 0.3) is 0 Å². The molecule has 0 saturated heterocycles. The zero-order chi connectivity index (χ0) is 18.4. The molecular weight excluding hydrogens is 345 g/mol. The fourth-order valence-corrected chi connectivity index (χ4v) is 2.57. The molecule has 1 amide bonds. The number of carbonyl (C=O) groups excluding carboxylic acids is 1. The van der Waals surface area contributed by atoms with E-state index in [9.17, 15) is 9.18 Å². The molecule has 2 aromatic carbocycles. The van der Waals surface area contributed by atoms with Gasteiger partial charge in [-0.1, -0.05) is 17.7 Å². The first-order valence-corrected chi connectivity index (χ1v) is 8.15. The number of methoxy groups -OCH3 is 1. The maximum absolute atomic E-state index is 14.3. The van der Waals surface area contributed by atoms with E-state index in [1.165, 1.54) is 11.0 Å². The lowest BCUT2D eigenvalue weighted by Crippen LogP contribution is -2.41. The summed E-state index contributed by atoms with van der Waals surface area (Å²) in [4.78, 5) is 15.7. The quantitative estimate of drug-likeness (QED) is 0.819. The van der Waals surface area contributed by atoms with E-state index in [1.54, 1.807) is 55.5 Å². The second-order valence-corrected chi connectivity index (χ2v) is 5.84. The Balaban J connectivity index is 2.17. The summed E-state index contributed by atoms with van der Waals surface area (Å²) in [5, 5.41) is 0.00970. The smallest absolute Gasteiger partial charge is 0.246 e. The van der Waals surface area contributed by atoms with E-state index in [2.05, 4.69) is 0 Å². The Kier molecular flexibility index (Phi) is 6.61. The van der Waals surface area contributed by atoms with Crippen LogP contribution < -0.4 is 20.3 Å². The van der Waals surface area contributed by atoms with Gasteiger partial charge >= 0.3 is 0 Å². The number of likely N-dealkylation sites (N-methyl/N-ethyl adjacent to an activating group) is 1. The van der Waals surface area contributed by atoms with Gasteiger partial charge in [0.05, 0.1) is 24.4 Å². The molecule has 2 rings (SSSR count). The van der Waals surface area contributed by atoms with Crippen molar-refractivity contribution in [2.45, 2.75) is 0 Å². The van der Waals surface area contributed by atoms with Gasteiger partial charge in [0, 0.05) is 25.8 Å². The predicted octanol–water partition coefficient (Wildman–Crippen LogP) is 2.92. The van der Waals surface area contributed by atoms with Gasteiger partial charge in [-0.2, -0.15) is 0 Å². The van der Waals surface area contributed by atoms with Gasteiger partial charge in [0.1, 0.15) is 5.75 Å². The molecule has 0 aliphatic heterocycles. The molecule has 0 aliphatic rings. The van der Waals surface area contributed by atoms with Crippen molar-refractivity contribution < 1.29 is 13.9 Å². The van der Waals surface area contributed by atoms with Crippen molar-refractivity contribution in [2.24, 2.45) is 5.73 Å². The second-order valence-electron chi connectivity index (χ2n) is 5.43. The van der Waals surface area contributed by atoms with Crippen molar-refractivity contribution >= 4 is 28.9 Å². The molecule has 2 N–H and O–H groups in total. The van der Waals surface area contributed by atoms with Crippen LogP contribution in [0.25, 0.3) is 0 Å². The number of nitrogens with zero attached hydrogens (tertiary/aromatic N) is 2. The van der Waals surface area contributed by atoms with E-state index in [1.807, 2.05) is 0 Å². The first-order chi connectivity index (χ1) is 12.0. The van der Waals surface area contributed by atoms with Crippen LogP contribution in [0.4, 0.5) is 15.8 Å². The van der Waals surface area contributed by atoms with Crippen molar-refractivity contribution in [3.05, 3.63) is 53.3 Å². The first-order valence-electron chi connectivity index (χ1n) is 7.77. The highest BCUT2D eigenvalue weighted by molar-refractivity contribution is 6.31. The molecule has 134 valence electrons. The van der Waals surface area contributed by atoms with Crippen LogP contribution in [-0.2, 0) is 4.79 Å². The zero-order valence-corrected chi connectivity index (χ0v) is 15.0. The Bertz CT molecular complexity index is 725. The first kappa shape index (κ1) is 19.0. The average molecular weight is 366 g/mol. The molecule has 7 heteroatoms. The molecular formula is C18H21ClFN3O2. The van der Waals surface area contributed by atoms with E-state index >= 15 is 0 Å². The molecule has 0 heterocycles. The number of amides is 1. The fourth-order valence-electron chi connectivity index (χ4n) is 2.40. The maximum Gasteiger partial charge on any atom is 0.246 e. The van der Waals surface area contributed by atoms with Crippen LogP contribution in [0.1, 0.15) is 0 Å². The van der Waals surface area contributed by atoms with Crippen LogP contribution in [0.15, 0.2) is 42.5 Å². The van der Waals surface area contributed by atoms with Crippen molar-refractivity contribution in [1.82, 2.24) is 0 Å². The van der Waals surface area contributed by atoms with Crippen molar-refractivity contribution in [2.75, 3.05) is 43.6 Å². The summed E-state index contributed by atoms with van der Waals surface area (Å²) >= 11 is 5.84. The van der Waals surface area contributed by atoms with E-state index < -0.39 is 5.82 Å². The highest BCUT2D eigenvalue weighted by Gasteiger charge is 2.19. The zero-order valence-electron chi connectivity index (χ0n) is 14.2. The molecule has 0 saturated carbocycles. The summed E-state index contributed by atoms with van der Waals surface area (Å²) in [5.41, 5.74) is 6.59. The SMILES string of the molecule is COc1ccc(N(C)C(=O)CN(CCN)c2cccc(Cl)c2F)cc1. The molecule has 0 fully saturated rings. The van der Waals surface area contributed by atoms with Crippen LogP contribution in [0, 0.1) is 5.82 Å². The van der Waals surface area contributed by atoms with Crippen LogP contribution >= 0.6 is 11.6 Å². The second kappa shape index (κ2) is 8.69. The van der Waals surface area contributed by atoms with Gasteiger partial charge in [-0.15, -0.1) is 0 Å². The normalized spacial score (nSPS) is 10.4. The summed E-state index contributed by atoms with van der Waals surface area (Å²) < 4.78 is 19.4. The van der Waals surface area contributed by atoms with Gasteiger partial charge in [0.15, 0.2) is 5.82 Å². The Labute approximate surface area is 151 Å². The molecule has 0 bridgehead atoms. The van der Waals surface area contributed by atoms with E-state index in [-0.39, 0.29) is 29.7 Å². The minimum absolute atomic E-state index is 0.00970. The Hall–Kier alpha value is -2.31. The van der Waals surface area contributed by atoms with Crippen molar-refractivity contribution in [3.8, 4) is 5.75 Å². The van der Waals surface area contributed by atoms with Crippen molar-refractivity contribution in [3.63, 3.8) is 0 Å². The molecule has 0 radical (unpaired) electrons. The number of halogens is 2. The molecule has 0 aliphatic carbocycles. The van der Waals surface area contributed by atoms with Gasteiger partial charge < -0.3 is 20.3 Å². The van der Waals surface area contributed by atoms with Gasteiger partial charge in [-0.05, 0) is 36.4 Å². The van der Waals surface area contributed by atoms with E-state index in [4.69, 9.17) is 22.1 Å². The standard InChI is InChI=1S/C18H21ClFN3O2/c1-22(13-6-8-14(25-2)9-7-13)17(24)12-23(11-10-21)16-5-3-4-15(19)18(16)20/h3-9H,10-12,21H2,1-2H3. The molecule has 0 unspecified atom stereocenters.